The molecular formula is C19H24FNOS. The van der Waals surface area contributed by atoms with Crippen molar-refractivity contribution in [3.8, 4) is 0 Å². The van der Waals surface area contributed by atoms with Crippen LogP contribution in [0.25, 0.3) is 0 Å². The fourth-order valence-corrected chi connectivity index (χ4v) is 4.62. The summed E-state index contributed by atoms with van der Waals surface area (Å²) in [4.78, 5) is 4.55. The van der Waals surface area contributed by atoms with Crippen LogP contribution in [0.5, 0.6) is 0 Å². The molecule has 1 N–H and O–H groups in total. The number of nitrogens with zero attached hydrogens (tertiary/aromatic N) is 1. The Kier molecular flexibility index (Phi) is 4.85. The molecule has 3 rings (SSSR count). The number of aliphatic hydroxyl groups is 1. The molecule has 2 aromatic rings. The molecular weight excluding hydrogens is 309 g/mol. The maximum atomic E-state index is 13.3. The van der Waals surface area contributed by atoms with E-state index in [1.54, 1.807) is 23.5 Å². The van der Waals surface area contributed by atoms with E-state index in [1.807, 2.05) is 6.07 Å². The number of thiophene rings is 1. The highest BCUT2D eigenvalue weighted by Gasteiger charge is 2.42. The van der Waals surface area contributed by atoms with Gasteiger partial charge in [0.25, 0.3) is 0 Å². The smallest absolute Gasteiger partial charge is 0.127 e. The largest absolute Gasteiger partial charge is 0.379 e. The first-order valence-corrected chi connectivity index (χ1v) is 9.11. The summed E-state index contributed by atoms with van der Waals surface area (Å²) in [6.45, 7) is 4.10. The Bertz CT molecular complexity index is 646. The number of piperidine rings is 1. The van der Waals surface area contributed by atoms with Gasteiger partial charge in [-0.1, -0.05) is 19.1 Å². The quantitative estimate of drug-likeness (QED) is 0.913. The summed E-state index contributed by atoms with van der Waals surface area (Å²) >= 11 is 1.68. The summed E-state index contributed by atoms with van der Waals surface area (Å²) in [6.07, 6.45) is 2.87. The third kappa shape index (κ3) is 3.21. The summed E-state index contributed by atoms with van der Waals surface area (Å²) in [5, 5.41) is 11.7. The summed E-state index contributed by atoms with van der Waals surface area (Å²) < 4.78 is 13.3. The normalized spacial score (nSPS) is 19.7. The first-order chi connectivity index (χ1) is 11.0. The SMILES string of the molecule is CCc1ccc(C(O)(c2ccc(F)cc2)C2CCN(C)CC2)s1. The number of rotatable bonds is 4. The fourth-order valence-electron chi connectivity index (χ4n) is 3.48. The molecule has 0 amide bonds. The van der Waals surface area contributed by atoms with Gasteiger partial charge in [0, 0.05) is 9.75 Å². The number of benzene rings is 1. The molecule has 1 atom stereocenters. The zero-order valence-electron chi connectivity index (χ0n) is 13.8. The molecule has 1 aliphatic heterocycles. The summed E-state index contributed by atoms with van der Waals surface area (Å²) in [6, 6.07) is 10.5. The molecule has 0 spiro atoms. The van der Waals surface area contributed by atoms with Gasteiger partial charge in [-0.25, -0.2) is 4.39 Å². The van der Waals surface area contributed by atoms with Crippen molar-refractivity contribution >= 4 is 11.3 Å². The van der Waals surface area contributed by atoms with E-state index < -0.39 is 5.60 Å². The van der Waals surface area contributed by atoms with Crippen molar-refractivity contribution in [2.24, 2.45) is 5.92 Å². The average Bonchev–Trinajstić information content (AvgIpc) is 3.05. The van der Waals surface area contributed by atoms with Crippen LogP contribution in [-0.2, 0) is 12.0 Å². The zero-order chi connectivity index (χ0) is 16.4. The van der Waals surface area contributed by atoms with Crippen LogP contribution >= 0.6 is 11.3 Å². The number of hydrogen-bond donors (Lipinski definition) is 1. The Labute approximate surface area is 141 Å². The number of aryl methyl sites for hydroxylation is 1. The minimum atomic E-state index is -1.02. The van der Waals surface area contributed by atoms with Gasteiger partial charge in [0.2, 0.25) is 0 Å². The van der Waals surface area contributed by atoms with Gasteiger partial charge in [-0.2, -0.15) is 0 Å². The highest BCUT2D eigenvalue weighted by molar-refractivity contribution is 7.12. The average molecular weight is 333 g/mol. The van der Waals surface area contributed by atoms with E-state index in [1.165, 1.54) is 17.0 Å². The fraction of sp³-hybridized carbons (Fsp3) is 0.474. The van der Waals surface area contributed by atoms with E-state index in [9.17, 15) is 9.50 Å². The van der Waals surface area contributed by atoms with Gasteiger partial charge in [0.1, 0.15) is 11.4 Å². The molecule has 4 heteroatoms. The maximum Gasteiger partial charge on any atom is 0.127 e. The van der Waals surface area contributed by atoms with Crippen LogP contribution in [-0.4, -0.2) is 30.1 Å². The summed E-state index contributed by atoms with van der Waals surface area (Å²) in [7, 11) is 2.12. The summed E-state index contributed by atoms with van der Waals surface area (Å²) in [5.41, 5.74) is -0.217. The van der Waals surface area contributed by atoms with Crippen LogP contribution in [0.1, 0.15) is 35.1 Å². The molecule has 1 aromatic carbocycles. The van der Waals surface area contributed by atoms with E-state index in [2.05, 4.69) is 24.9 Å². The third-order valence-corrected chi connectivity index (χ3v) is 6.33. The maximum absolute atomic E-state index is 13.3. The van der Waals surface area contributed by atoms with Crippen LogP contribution in [0, 0.1) is 11.7 Å². The van der Waals surface area contributed by atoms with Gasteiger partial charge in [0.15, 0.2) is 0 Å². The second-order valence-corrected chi connectivity index (χ2v) is 7.64. The van der Waals surface area contributed by atoms with E-state index in [-0.39, 0.29) is 11.7 Å². The van der Waals surface area contributed by atoms with Crippen LogP contribution in [0.4, 0.5) is 4.39 Å². The lowest BCUT2D eigenvalue weighted by Crippen LogP contribution is -2.42. The first-order valence-electron chi connectivity index (χ1n) is 8.30. The molecule has 124 valence electrons. The lowest BCUT2D eigenvalue weighted by Gasteiger charge is -2.40. The second-order valence-electron chi connectivity index (χ2n) is 6.47. The van der Waals surface area contributed by atoms with Gasteiger partial charge in [0.05, 0.1) is 0 Å². The molecule has 2 heterocycles. The lowest BCUT2D eigenvalue weighted by atomic mass is 9.75. The molecule has 1 aromatic heterocycles. The van der Waals surface area contributed by atoms with Crippen molar-refractivity contribution in [3.05, 3.63) is 57.5 Å². The van der Waals surface area contributed by atoms with E-state index in [4.69, 9.17) is 0 Å². The number of halogens is 1. The van der Waals surface area contributed by atoms with Crippen molar-refractivity contribution in [1.29, 1.82) is 0 Å². The van der Waals surface area contributed by atoms with E-state index >= 15 is 0 Å². The Balaban J connectivity index is 2.03. The van der Waals surface area contributed by atoms with Gasteiger partial charge >= 0.3 is 0 Å². The lowest BCUT2D eigenvalue weighted by molar-refractivity contribution is -0.00799. The minimum Gasteiger partial charge on any atom is -0.379 e. The second kappa shape index (κ2) is 6.71. The molecule has 1 unspecified atom stereocenters. The van der Waals surface area contributed by atoms with Crippen molar-refractivity contribution in [3.63, 3.8) is 0 Å². The highest BCUT2D eigenvalue weighted by atomic mass is 32.1. The Hall–Kier alpha value is -1.23. The molecule has 0 bridgehead atoms. The van der Waals surface area contributed by atoms with Crippen molar-refractivity contribution < 1.29 is 9.50 Å². The molecule has 0 aliphatic carbocycles. The van der Waals surface area contributed by atoms with E-state index in [0.717, 1.165) is 42.8 Å². The Morgan fingerprint density at radius 3 is 2.39 bits per heavy atom. The Morgan fingerprint density at radius 1 is 1.17 bits per heavy atom. The monoisotopic (exact) mass is 333 g/mol. The standard InChI is InChI=1S/C19H24FNOS/c1-3-17-8-9-18(23-17)19(22,14-4-6-16(20)7-5-14)15-10-12-21(2)13-11-15/h4-9,15,22H,3,10-13H2,1-2H3. The predicted molar refractivity (Wildman–Crippen MR) is 93.3 cm³/mol. The highest BCUT2D eigenvalue weighted by Crippen LogP contribution is 2.44. The van der Waals surface area contributed by atoms with Crippen molar-refractivity contribution in [1.82, 2.24) is 4.90 Å². The summed E-state index contributed by atoms with van der Waals surface area (Å²) in [5.74, 6) is -0.104. The minimum absolute atomic E-state index is 0.160. The van der Waals surface area contributed by atoms with Gasteiger partial charge in [-0.05, 0) is 75.1 Å². The number of hydrogen-bond acceptors (Lipinski definition) is 3. The van der Waals surface area contributed by atoms with Crippen LogP contribution in [0.2, 0.25) is 0 Å². The van der Waals surface area contributed by atoms with Gasteiger partial charge in [-0.3, -0.25) is 0 Å². The van der Waals surface area contributed by atoms with E-state index in [0.29, 0.717) is 0 Å². The third-order valence-electron chi connectivity index (χ3n) is 4.98. The molecule has 1 fully saturated rings. The molecule has 0 radical (unpaired) electrons. The predicted octanol–water partition coefficient (Wildman–Crippen LogP) is 4.03. The first kappa shape index (κ1) is 16.6. The molecule has 1 aliphatic rings. The molecule has 0 saturated carbocycles. The zero-order valence-corrected chi connectivity index (χ0v) is 14.6. The van der Waals surface area contributed by atoms with Crippen LogP contribution < -0.4 is 0 Å². The molecule has 23 heavy (non-hydrogen) atoms. The van der Waals surface area contributed by atoms with Crippen molar-refractivity contribution in [2.45, 2.75) is 31.8 Å². The van der Waals surface area contributed by atoms with Crippen LogP contribution in [0.3, 0.4) is 0 Å². The number of likely N-dealkylation sites (tertiary alicyclic amines) is 1. The van der Waals surface area contributed by atoms with Gasteiger partial charge < -0.3 is 10.0 Å². The Morgan fingerprint density at radius 2 is 1.83 bits per heavy atom. The topological polar surface area (TPSA) is 23.5 Å². The molecule has 2 nitrogen and oxygen atoms in total. The van der Waals surface area contributed by atoms with Gasteiger partial charge in [-0.15, -0.1) is 11.3 Å². The van der Waals surface area contributed by atoms with Crippen molar-refractivity contribution in [2.75, 3.05) is 20.1 Å². The molecule has 1 saturated heterocycles. The van der Waals surface area contributed by atoms with Crippen LogP contribution in [0.15, 0.2) is 36.4 Å².